The van der Waals surface area contributed by atoms with Gasteiger partial charge in [0.1, 0.15) is 17.2 Å². The fourth-order valence-corrected chi connectivity index (χ4v) is 3.06. The lowest BCUT2D eigenvalue weighted by Crippen LogP contribution is -2.11. The van der Waals surface area contributed by atoms with E-state index in [-0.39, 0.29) is 11.6 Å². The van der Waals surface area contributed by atoms with Gasteiger partial charge >= 0.3 is 0 Å². The Balaban J connectivity index is 1.46. The van der Waals surface area contributed by atoms with Crippen LogP contribution in [0.4, 0.5) is 26.0 Å². The number of pyridine rings is 1. The molecule has 0 atom stereocenters. The fraction of sp³-hybridized carbons (Fsp3) is 0.190. The lowest BCUT2D eigenvalue weighted by atomic mass is 10.2. The van der Waals surface area contributed by atoms with Gasteiger partial charge in [-0.15, -0.1) is 0 Å². The molecule has 0 unspecified atom stereocenters. The monoisotopic (exact) mass is 410 g/mol. The highest BCUT2D eigenvalue weighted by Gasteiger charge is 2.13. The van der Waals surface area contributed by atoms with E-state index in [1.54, 1.807) is 63.9 Å². The second-order valence-electron chi connectivity index (χ2n) is 6.75. The molecule has 0 radical (unpaired) electrons. The summed E-state index contributed by atoms with van der Waals surface area (Å²) >= 11 is 0. The number of anilines is 3. The van der Waals surface area contributed by atoms with Crippen LogP contribution in [-0.2, 0) is 6.54 Å². The fourth-order valence-electron chi connectivity index (χ4n) is 3.06. The third-order valence-electron chi connectivity index (χ3n) is 4.50. The summed E-state index contributed by atoms with van der Waals surface area (Å²) in [6, 6.07) is 12.3. The van der Waals surface area contributed by atoms with E-state index in [2.05, 4.69) is 20.7 Å². The highest BCUT2D eigenvalue weighted by atomic mass is 19.3. The number of halogens is 2. The van der Waals surface area contributed by atoms with Gasteiger partial charge in [-0.2, -0.15) is 5.10 Å². The Morgan fingerprint density at radius 3 is 2.60 bits per heavy atom. The van der Waals surface area contributed by atoms with E-state index in [1.165, 1.54) is 6.20 Å². The SMILES string of the molecule is CCCn1cc(C(=O)Nc2ccc(Nc3cccc4nc(C(F)F)cn34)cc2)cn1. The predicted octanol–water partition coefficient (Wildman–Crippen LogP) is 4.87. The molecule has 0 spiro atoms. The Labute approximate surface area is 171 Å². The summed E-state index contributed by atoms with van der Waals surface area (Å²) in [7, 11) is 0. The molecule has 0 fully saturated rings. The third kappa shape index (κ3) is 4.14. The number of aryl methyl sites for hydroxylation is 1. The van der Waals surface area contributed by atoms with Crippen LogP contribution in [0, 0.1) is 0 Å². The van der Waals surface area contributed by atoms with E-state index in [9.17, 15) is 13.6 Å². The first kappa shape index (κ1) is 19.6. The summed E-state index contributed by atoms with van der Waals surface area (Å²) < 4.78 is 29.2. The number of rotatable bonds is 7. The van der Waals surface area contributed by atoms with E-state index in [0.29, 0.717) is 22.7 Å². The Bertz CT molecular complexity index is 1170. The van der Waals surface area contributed by atoms with Crippen LogP contribution in [-0.4, -0.2) is 25.1 Å². The second-order valence-corrected chi connectivity index (χ2v) is 6.75. The van der Waals surface area contributed by atoms with Crippen molar-refractivity contribution in [3.63, 3.8) is 0 Å². The maximum Gasteiger partial charge on any atom is 0.281 e. The Morgan fingerprint density at radius 1 is 1.10 bits per heavy atom. The molecule has 1 aromatic carbocycles. The first-order valence-electron chi connectivity index (χ1n) is 9.50. The minimum absolute atomic E-state index is 0.235. The number of carbonyl (C=O) groups is 1. The molecule has 0 saturated carbocycles. The molecule has 0 aliphatic heterocycles. The zero-order chi connectivity index (χ0) is 21.1. The van der Waals surface area contributed by atoms with Crippen molar-refractivity contribution in [2.45, 2.75) is 26.3 Å². The van der Waals surface area contributed by atoms with Gasteiger partial charge in [0.05, 0.1) is 11.8 Å². The number of hydrogen-bond donors (Lipinski definition) is 2. The van der Waals surface area contributed by atoms with Crippen molar-refractivity contribution in [3.05, 3.63) is 72.3 Å². The quantitative estimate of drug-likeness (QED) is 0.456. The van der Waals surface area contributed by atoms with Crippen LogP contribution >= 0.6 is 0 Å². The maximum atomic E-state index is 12.9. The van der Waals surface area contributed by atoms with Crippen molar-refractivity contribution in [1.82, 2.24) is 19.2 Å². The molecule has 0 saturated heterocycles. The molecule has 4 rings (SSSR count). The van der Waals surface area contributed by atoms with Crippen LogP contribution in [0.1, 0.15) is 35.8 Å². The summed E-state index contributed by atoms with van der Waals surface area (Å²) in [5.41, 5.74) is 2.03. The molecule has 2 N–H and O–H groups in total. The van der Waals surface area contributed by atoms with Crippen molar-refractivity contribution >= 4 is 28.7 Å². The molecule has 30 heavy (non-hydrogen) atoms. The smallest absolute Gasteiger partial charge is 0.281 e. The lowest BCUT2D eigenvalue weighted by molar-refractivity contribution is 0.102. The minimum Gasteiger partial charge on any atom is -0.341 e. The van der Waals surface area contributed by atoms with Gasteiger partial charge in [-0.05, 0) is 42.8 Å². The van der Waals surface area contributed by atoms with Gasteiger partial charge in [0.15, 0.2) is 0 Å². The number of aromatic nitrogens is 4. The molecule has 0 aliphatic rings. The summed E-state index contributed by atoms with van der Waals surface area (Å²) in [6.07, 6.45) is 2.88. The zero-order valence-electron chi connectivity index (χ0n) is 16.2. The summed E-state index contributed by atoms with van der Waals surface area (Å²) in [5, 5.41) is 10.2. The number of alkyl halides is 2. The van der Waals surface area contributed by atoms with Gasteiger partial charge in [-0.25, -0.2) is 13.8 Å². The van der Waals surface area contributed by atoms with Crippen LogP contribution in [0.2, 0.25) is 0 Å². The molecule has 0 aliphatic carbocycles. The molecule has 3 aromatic heterocycles. The largest absolute Gasteiger partial charge is 0.341 e. The van der Waals surface area contributed by atoms with Crippen molar-refractivity contribution in [1.29, 1.82) is 0 Å². The van der Waals surface area contributed by atoms with Crippen LogP contribution in [0.15, 0.2) is 61.1 Å². The average molecular weight is 410 g/mol. The molecule has 154 valence electrons. The molecule has 9 heteroatoms. The van der Waals surface area contributed by atoms with Gasteiger partial charge in [-0.3, -0.25) is 13.9 Å². The first-order valence-corrected chi connectivity index (χ1v) is 9.50. The molecule has 7 nitrogen and oxygen atoms in total. The summed E-state index contributed by atoms with van der Waals surface area (Å²) in [6.45, 7) is 2.80. The van der Waals surface area contributed by atoms with E-state index in [4.69, 9.17) is 0 Å². The highest BCUT2D eigenvalue weighted by molar-refractivity contribution is 6.04. The molecular weight excluding hydrogens is 390 g/mol. The first-order chi connectivity index (χ1) is 14.5. The highest BCUT2D eigenvalue weighted by Crippen LogP contribution is 2.24. The number of fused-ring (bicyclic) bond motifs is 1. The molecule has 0 bridgehead atoms. The molecule has 3 heterocycles. The van der Waals surface area contributed by atoms with E-state index in [0.717, 1.165) is 18.7 Å². The summed E-state index contributed by atoms with van der Waals surface area (Å²) in [5.74, 6) is 0.368. The van der Waals surface area contributed by atoms with E-state index < -0.39 is 6.43 Å². The van der Waals surface area contributed by atoms with Crippen LogP contribution in [0.5, 0.6) is 0 Å². The van der Waals surface area contributed by atoms with Gasteiger partial charge in [0, 0.05) is 30.3 Å². The second kappa shape index (κ2) is 8.32. The number of nitrogens with zero attached hydrogens (tertiary/aromatic N) is 4. The average Bonchev–Trinajstić information content (AvgIpc) is 3.37. The number of nitrogens with one attached hydrogen (secondary N) is 2. The van der Waals surface area contributed by atoms with Crippen LogP contribution in [0.25, 0.3) is 5.65 Å². The third-order valence-corrected chi connectivity index (χ3v) is 4.50. The van der Waals surface area contributed by atoms with Crippen LogP contribution < -0.4 is 10.6 Å². The number of amides is 1. The zero-order valence-corrected chi connectivity index (χ0v) is 16.2. The van der Waals surface area contributed by atoms with Crippen molar-refractivity contribution < 1.29 is 13.6 Å². The van der Waals surface area contributed by atoms with Gasteiger partial charge < -0.3 is 10.6 Å². The van der Waals surface area contributed by atoms with Gasteiger partial charge in [-0.1, -0.05) is 13.0 Å². The van der Waals surface area contributed by atoms with Crippen molar-refractivity contribution in [2.75, 3.05) is 10.6 Å². The molecule has 1 amide bonds. The van der Waals surface area contributed by atoms with Gasteiger partial charge in [0.2, 0.25) is 0 Å². The topological polar surface area (TPSA) is 76.2 Å². The Kier molecular flexibility index (Phi) is 5.42. The molecular formula is C21H20F2N6O. The molecule has 4 aromatic rings. The normalized spacial score (nSPS) is 11.2. The number of carbonyl (C=O) groups excluding carboxylic acids is 1. The number of benzene rings is 1. The Morgan fingerprint density at radius 2 is 1.87 bits per heavy atom. The summed E-state index contributed by atoms with van der Waals surface area (Å²) in [4.78, 5) is 16.3. The number of hydrogen-bond acceptors (Lipinski definition) is 4. The predicted molar refractivity (Wildman–Crippen MR) is 110 cm³/mol. The minimum atomic E-state index is -2.63. The number of imidazole rings is 1. The van der Waals surface area contributed by atoms with E-state index in [1.807, 2.05) is 6.92 Å². The van der Waals surface area contributed by atoms with E-state index >= 15 is 0 Å². The van der Waals surface area contributed by atoms with Crippen LogP contribution in [0.3, 0.4) is 0 Å². The van der Waals surface area contributed by atoms with Crippen molar-refractivity contribution in [3.8, 4) is 0 Å². The van der Waals surface area contributed by atoms with Gasteiger partial charge in [0.25, 0.3) is 12.3 Å². The standard InChI is InChI=1S/C21H20F2N6O/c1-2-10-28-12-14(11-24-28)21(30)26-16-8-6-15(7-9-16)25-18-4-3-5-19-27-17(20(22)23)13-29(18)19/h3-9,11-13,20,25H,2,10H2,1H3,(H,26,30). The Hall–Kier alpha value is -3.75. The van der Waals surface area contributed by atoms with Crippen molar-refractivity contribution in [2.24, 2.45) is 0 Å². The lowest BCUT2D eigenvalue weighted by Gasteiger charge is -2.10. The maximum absolute atomic E-state index is 12.9.